The zero-order valence-corrected chi connectivity index (χ0v) is 9.79. The molecule has 0 heterocycles. The SMILES string of the molecule is CCCCP(CCCC)NCC. The van der Waals surface area contributed by atoms with E-state index in [0.717, 1.165) is 6.54 Å². The van der Waals surface area contributed by atoms with Crippen LogP contribution in [0.1, 0.15) is 46.5 Å². The summed E-state index contributed by atoms with van der Waals surface area (Å²) in [4.78, 5) is 0. The van der Waals surface area contributed by atoms with Gasteiger partial charge in [-0.15, -0.1) is 0 Å². The molecule has 0 aromatic rings. The molecule has 0 unspecified atom stereocenters. The van der Waals surface area contributed by atoms with Crippen LogP contribution >= 0.6 is 8.07 Å². The summed E-state index contributed by atoms with van der Waals surface area (Å²) in [5.41, 5.74) is 0. The summed E-state index contributed by atoms with van der Waals surface area (Å²) >= 11 is 0. The normalized spacial score (nSPS) is 11.0. The van der Waals surface area contributed by atoms with Crippen molar-refractivity contribution in [3.05, 3.63) is 0 Å². The van der Waals surface area contributed by atoms with Gasteiger partial charge in [0.15, 0.2) is 0 Å². The molecule has 1 N–H and O–H groups in total. The van der Waals surface area contributed by atoms with E-state index in [4.69, 9.17) is 0 Å². The highest BCUT2D eigenvalue weighted by molar-refractivity contribution is 7.55. The number of unbranched alkanes of at least 4 members (excludes halogenated alkanes) is 2. The molecule has 0 aromatic heterocycles. The highest BCUT2D eigenvalue weighted by Crippen LogP contribution is 2.32. The van der Waals surface area contributed by atoms with Crippen LogP contribution in [0.4, 0.5) is 0 Å². The van der Waals surface area contributed by atoms with Crippen LogP contribution < -0.4 is 5.09 Å². The van der Waals surface area contributed by atoms with E-state index in [2.05, 4.69) is 25.9 Å². The van der Waals surface area contributed by atoms with Gasteiger partial charge in [0.1, 0.15) is 0 Å². The van der Waals surface area contributed by atoms with Crippen LogP contribution in [0.15, 0.2) is 0 Å². The highest BCUT2D eigenvalue weighted by Gasteiger charge is 2.03. The molecule has 0 aliphatic rings. The fraction of sp³-hybridized carbons (Fsp3) is 1.00. The Balaban J connectivity index is 3.40. The number of nitrogens with one attached hydrogen (secondary N) is 1. The van der Waals surface area contributed by atoms with Crippen molar-refractivity contribution in [3.63, 3.8) is 0 Å². The van der Waals surface area contributed by atoms with Gasteiger partial charge in [-0.25, -0.2) is 0 Å². The van der Waals surface area contributed by atoms with Gasteiger partial charge in [-0.3, -0.25) is 5.09 Å². The van der Waals surface area contributed by atoms with Crippen molar-refractivity contribution < 1.29 is 0 Å². The predicted molar refractivity (Wildman–Crippen MR) is 60.1 cm³/mol. The molecule has 0 radical (unpaired) electrons. The average Bonchev–Trinajstić information content (AvgIpc) is 2.10. The summed E-state index contributed by atoms with van der Waals surface area (Å²) in [5, 5.41) is 3.62. The van der Waals surface area contributed by atoms with Gasteiger partial charge in [-0.1, -0.05) is 33.6 Å². The maximum atomic E-state index is 3.62. The molecule has 0 bridgehead atoms. The second-order valence-electron chi connectivity index (χ2n) is 3.21. The van der Waals surface area contributed by atoms with Crippen molar-refractivity contribution >= 4 is 8.07 Å². The van der Waals surface area contributed by atoms with Crippen molar-refractivity contribution in [2.24, 2.45) is 0 Å². The first-order valence-corrected chi connectivity index (χ1v) is 7.04. The molecular weight excluding hydrogens is 165 g/mol. The zero-order valence-electron chi connectivity index (χ0n) is 8.90. The van der Waals surface area contributed by atoms with Gasteiger partial charge in [-0.2, -0.15) is 0 Å². The van der Waals surface area contributed by atoms with E-state index in [1.54, 1.807) is 0 Å². The molecule has 0 amide bonds. The molecule has 0 spiro atoms. The molecular formula is C10H24NP. The summed E-state index contributed by atoms with van der Waals surface area (Å²) < 4.78 is 0. The molecule has 0 aliphatic carbocycles. The lowest BCUT2D eigenvalue weighted by Crippen LogP contribution is -2.10. The van der Waals surface area contributed by atoms with E-state index in [1.165, 1.54) is 38.0 Å². The van der Waals surface area contributed by atoms with E-state index in [0.29, 0.717) is 0 Å². The maximum absolute atomic E-state index is 3.62. The Morgan fingerprint density at radius 1 is 0.917 bits per heavy atom. The first-order valence-electron chi connectivity index (χ1n) is 5.33. The largest absolute Gasteiger partial charge is 0.296 e. The second kappa shape index (κ2) is 9.48. The Labute approximate surface area is 79.1 Å². The Hall–Kier alpha value is 0.390. The summed E-state index contributed by atoms with van der Waals surface area (Å²) in [6.45, 7) is 7.92. The molecule has 0 saturated carbocycles. The van der Waals surface area contributed by atoms with Crippen LogP contribution in [0.5, 0.6) is 0 Å². The van der Waals surface area contributed by atoms with Crippen LogP contribution in [0.3, 0.4) is 0 Å². The van der Waals surface area contributed by atoms with Gasteiger partial charge in [-0.05, 0) is 39.8 Å². The van der Waals surface area contributed by atoms with E-state index < -0.39 is 0 Å². The van der Waals surface area contributed by atoms with Crippen molar-refractivity contribution in [2.75, 3.05) is 18.9 Å². The third-order valence-electron chi connectivity index (χ3n) is 1.94. The average molecular weight is 189 g/mol. The maximum Gasteiger partial charge on any atom is -0.00384 e. The minimum atomic E-state index is 0.177. The quantitative estimate of drug-likeness (QED) is 0.575. The van der Waals surface area contributed by atoms with Gasteiger partial charge >= 0.3 is 0 Å². The highest BCUT2D eigenvalue weighted by atomic mass is 31.1. The molecule has 2 heteroatoms. The van der Waals surface area contributed by atoms with Crippen LogP contribution in [0.25, 0.3) is 0 Å². The lowest BCUT2D eigenvalue weighted by molar-refractivity contribution is 0.851. The Morgan fingerprint density at radius 3 is 1.75 bits per heavy atom. The standard InChI is InChI=1S/C10H24NP/c1-4-7-9-12(11-6-3)10-8-5-2/h11H,4-10H2,1-3H3. The van der Waals surface area contributed by atoms with E-state index in [9.17, 15) is 0 Å². The van der Waals surface area contributed by atoms with Crippen LogP contribution in [0.2, 0.25) is 0 Å². The molecule has 1 nitrogen and oxygen atoms in total. The van der Waals surface area contributed by atoms with Gasteiger partial charge in [0, 0.05) is 0 Å². The number of hydrogen-bond donors (Lipinski definition) is 1. The predicted octanol–water partition coefficient (Wildman–Crippen LogP) is 3.59. The molecule has 0 rings (SSSR count). The van der Waals surface area contributed by atoms with Gasteiger partial charge < -0.3 is 0 Å². The van der Waals surface area contributed by atoms with Crippen molar-refractivity contribution in [1.29, 1.82) is 0 Å². The molecule has 0 saturated heterocycles. The fourth-order valence-electron chi connectivity index (χ4n) is 1.19. The molecule has 0 atom stereocenters. The van der Waals surface area contributed by atoms with Crippen molar-refractivity contribution in [3.8, 4) is 0 Å². The van der Waals surface area contributed by atoms with E-state index >= 15 is 0 Å². The second-order valence-corrected chi connectivity index (χ2v) is 5.50. The molecule has 0 fully saturated rings. The van der Waals surface area contributed by atoms with Crippen molar-refractivity contribution in [1.82, 2.24) is 5.09 Å². The Morgan fingerprint density at radius 2 is 1.42 bits per heavy atom. The van der Waals surface area contributed by atoms with Crippen LogP contribution in [0, 0.1) is 0 Å². The third kappa shape index (κ3) is 7.06. The van der Waals surface area contributed by atoms with Gasteiger partial charge in [0.05, 0.1) is 0 Å². The van der Waals surface area contributed by atoms with Crippen molar-refractivity contribution in [2.45, 2.75) is 46.5 Å². The third-order valence-corrected chi connectivity index (χ3v) is 4.42. The molecule has 0 aliphatic heterocycles. The fourth-order valence-corrected chi connectivity index (χ4v) is 3.57. The molecule has 0 aromatic carbocycles. The van der Waals surface area contributed by atoms with E-state index in [-0.39, 0.29) is 8.07 Å². The summed E-state index contributed by atoms with van der Waals surface area (Å²) in [6.07, 6.45) is 8.36. The van der Waals surface area contributed by atoms with Crippen LogP contribution in [-0.4, -0.2) is 18.9 Å². The summed E-state index contributed by atoms with van der Waals surface area (Å²) in [6, 6.07) is 0. The first kappa shape index (κ1) is 12.4. The van der Waals surface area contributed by atoms with Crippen LogP contribution in [-0.2, 0) is 0 Å². The van der Waals surface area contributed by atoms with Gasteiger partial charge in [0.25, 0.3) is 0 Å². The summed E-state index contributed by atoms with van der Waals surface area (Å²) in [7, 11) is 0.177. The Bertz CT molecular complexity index is 77.9. The molecule has 12 heavy (non-hydrogen) atoms. The smallest absolute Gasteiger partial charge is 0.00384 e. The summed E-state index contributed by atoms with van der Waals surface area (Å²) in [5.74, 6) is 0. The number of hydrogen-bond acceptors (Lipinski definition) is 1. The lowest BCUT2D eigenvalue weighted by Gasteiger charge is -2.17. The minimum absolute atomic E-state index is 0.177. The number of rotatable bonds is 8. The first-order chi connectivity index (χ1) is 5.85. The van der Waals surface area contributed by atoms with E-state index in [1.807, 2.05) is 0 Å². The minimum Gasteiger partial charge on any atom is -0.296 e. The topological polar surface area (TPSA) is 12.0 Å². The zero-order chi connectivity index (χ0) is 9.23. The van der Waals surface area contributed by atoms with Gasteiger partial charge in [0.2, 0.25) is 0 Å². The molecule has 74 valence electrons. The lowest BCUT2D eigenvalue weighted by atomic mass is 10.4. The Kier molecular flexibility index (Phi) is 9.79. The monoisotopic (exact) mass is 189 g/mol.